The third-order valence-electron chi connectivity index (χ3n) is 3.97. The zero-order valence-corrected chi connectivity index (χ0v) is 15.6. The molecule has 0 unspecified atom stereocenters. The number of benzene rings is 2. The molecule has 1 aliphatic heterocycles. The molecule has 0 saturated heterocycles. The zero-order chi connectivity index (χ0) is 17.6. The summed E-state index contributed by atoms with van der Waals surface area (Å²) in [5.41, 5.74) is 5.17. The number of oxime groups is 1. The maximum atomic E-state index is 6.09. The molecule has 0 atom stereocenters. The number of ether oxygens (including phenoxy) is 1. The van der Waals surface area contributed by atoms with Gasteiger partial charge >= 0.3 is 0 Å². The molecule has 25 heavy (non-hydrogen) atoms. The average molecular weight is 354 g/mol. The Labute approximate surface area is 152 Å². The van der Waals surface area contributed by atoms with Crippen molar-refractivity contribution in [3.05, 3.63) is 64.7 Å². The largest absolute Gasteiger partial charge is 0.489 e. The summed E-state index contributed by atoms with van der Waals surface area (Å²) in [6, 6.07) is 14.4. The number of hydrogen-bond acceptors (Lipinski definition) is 5. The van der Waals surface area contributed by atoms with Gasteiger partial charge in [-0.2, -0.15) is 0 Å². The van der Waals surface area contributed by atoms with Crippen LogP contribution in [0.3, 0.4) is 0 Å². The summed E-state index contributed by atoms with van der Waals surface area (Å²) >= 11 is 1.71. The first-order chi connectivity index (χ1) is 12.2. The van der Waals surface area contributed by atoms with Crippen molar-refractivity contribution in [1.82, 2.24) is 0 Å². The lowest BCUT2D eigenvalue weighted by Crippen LogP contribution is -2.15. The normalized spacial score (nSPS) is 14.4. The van der Waals surface area contributed by atoms with E-state index in [2.05, 4.69) is 48.3 Å². The molecular weight excluding hydrogens is 332 g/mol. The number of aliphatic imine (C=N–C) groups is 1. The van der Waals surface area contributed by atoms with Crippen LogP contribution in [0.15, 0.2) is 52.6 Å². The Hall–Kier alpha value is -2.27. The number of rotatable bonds is 6. The molecular formula is C20H22N2O2S. The van der Waals surface area contributed by atoms with Crippen LogP contribution in [-0.2, 0) is 11.4 Å². The highest BCUT2D eigenvalue weighted by Crippen LogP contribution is 2.23. The summed E-state index contributed by atoms with van der Waals surface area (Å²) in [6.45, 7) is 5.42. The average Bonchev–Trinajstić information content (AvgIpc) is 3.15. The highest BCUT2D eigenvalue weighted by molar-refractivity contribution is 8.16. The van der Waals surface area contributed by atoms with Crippen molar-refractivity contribution < 1.29 is 9.57 Å². The first kappa shape index (κ1) is 17.5. The smallest absolute Gasteiger partial charge is 0.142 e. The van der Waals surface area contributed by atoms with Crippen LogP contribution in [-0.4, -0.2) is 30.2 Å². The molecule has 130 valence electrons. The van der Waals surface area contributed by atoms with E-state index in [-0.39, 0.29) is 0 Å². The van der Waals surface area contributed by atoms with E-state index in [1.165, 1.54) is 5.56 Å². The Balaban J connectivity index is 1.87. The molecule has 2 aromatic rings. The maximum Gasteiger partial charge on any atom is 0.142 e. The lowest BCUT2D eigenvalue weighted by Gasteiger charge is -2.14. The Morgan fingerprint density at radius 3 is 2.80 bits per heavy atom. The number of aryl methyl sites for hydroxylation is 2. The summed E-state index contributed by atoms with van der Waals surface area (Å²) in [7, 11) is 1.56. The minimum atomic E-state index is 0.473. The molecule has 0 N–H and O–H groups in total. The van der Waals surface area contributed by atoms with Crippen LogP contribution in [0.4, 0.5) is 0 Å². The monoisotopic (exact) mass is 354 g/mol. The minimum absolute atomic E-state index is 0.473. The predicted molar refractivity (Wildman–Crippen MR) is 105 cm³/mol. The Morgan fingerprint density at radius 1 is 1.20 bits per heavy atom. The SMILES string of the molecule is CON=C(C1=NCCS1)c1ccccc1COc1cc(C)ccc1C. The van der Waals surface area contributed by atoms with Gasteiger partial charge in [-0.25, -0.2) is 0 Å². The van der Waals surface area contributed by atoms with E-state index < -0.39 is 0 Å². The van der Waals surface area contributed by atoms with Gasteiger partial charge in [0, 0.05) is 17.9 Å². The molecule has 2 aromatic carbocycles. The quantitative estimate of drug-likeness (QED) is 0.571. The van der Waals surface area contributed by atoms with Gasteiger partial charge in [0.05, 0.1) is 0 Å². The van der Waals surface area contributed by atoms with Gasteiger partial charge in [0.15, 0.2) is 0 Å². The van der Waals surface area contributed by atoms with Crippen LogP contribution in [0.1, 0.15) is 22.3 Å². The van der Waals surface area contributed by atoms with Crippen LogP contribution in [0.5, 0.6) is 5.75 Å². The fourth-order valence-corrected chi connectivity index (χ4v) is 3.51. The molecule has 1 heterocycles. The molecule has 0 saturated carbocycles. The number of thioether (sulfide) groups is 1. The third kappa shape index (κ3) is 4.23. The fourth-order valence-electron chi connectivity index (χ4n) is 2.67. The second kappa shape index (κ2) is 8.21. The molecule has 0 fully saturated rings. The molecule has 3 rings (SSSR count). The summed E-state index contributed by atoms with van der Waals surface area (Å²) < 4.78 is 6.09. The molecule has 0 aromatic heterocycles. The first-order valence-corrected chi connectivity index (χ1v) is 9.24. The van der Waals surface area contributed by atoms with E-state index in [0.29, 0.717) is 6.61 Å². The van der Waals surface area contributed by atoms with Crippen molar-refractivity contribution in [2.75, 3.05) is 19.4 Å². The summed E-state index contributed by atoms with van der Waals surface area (Å²) in [5.74, 6) is 1.90. The maximum absolute atomic E-state index is 6.09. The van der Waals surface area contributed by atoms with Gasteiger partial charge < -0.3 is 9.57 Å². The van der Waals surface area contributed by atoms with E-state index in [9.17, 15) is 0 Å². The number of nitrogens with zero attached hydrogens (tertiary/aromatic N) is 2. The molecule has 1 aliphatic rings. The minimum Gasteiger partial charge on any atom is -0.489 e. The Kier molecular flexibility index (Phi) is 5.76. The van der Waals surface area contributed by atoms with E-state index in [0.717, 1.165) is 45.5 Å². The molecule has 0 aliphatic carbocycles. The number of hydrogen-bond donors (Lipinski definition) is 0. The fraction of sp³-hybridized carbons (Fsp3) is 0.300. The van der Waals surface area contributed by atoms with Crippen LogP contribution in [0, 0.1) is 13.8 Å². The van der Waals surface area contributed by atoms with Gasteiger partial charge in [-0.3, -0.25) is 4.99 Å². The van der Waals surface area contributed by atoms with Crippen molar-refractivity contribution >= 4 is 22.5 Å². The summed E-state index contributed by atoms with van der Waals surface area (Å²) in [5, 5.41) is 5.16. The Bertz CT molecular complexity index is 815. The molecule has 0 amide bonds. The van der Waals surface area contributed by atoms with Gasteiger partial charge in [0.25, 0.3) is 0 Å². The summed E-state index contributed by atoms with van der Waals surface area (Å²) in [6.07, 6.45) is 0. The first-order valence-electron chi connectivity index (χ1n) is 8.26. The van der Waals surface area contributed by atoms with Gasteiger partial charge in [-0.1, -0.05) is 41.6 Å². The Morgan fingerprint density at radius 2 is 2.04 bits per heavy atom. The third-order valence-corrected chi connectivity index (χ3v) is 4.95. The topological polar surface area (TPSA) is 43.2 Å². The van der Waals surface area contributed by atoms with Gasteiger partial charge in [0.2, 0.25) is 0 Å². The standard InChI is InChI=1S/C20H22N2O2S/c1-14-8-9-15(2)18(12-14)24-13-16-6-4-5-7-17(16)19(22-23-3)20-21-10-11-25-20/h4-9,12H,10-11,13H2,1-3H3. The molecule has 0 bridgehead atoms. The van der Waals surface area contributed by atoms with Crippen LogP contribution < -0.4 is 4.74 Å². The van der Waals surface area contributed by atoms with Gasteiger partial charge in [-0.05, 0) is 36.6 Å². The van der Waals surface area contributed by atoms with Crippen molar-refractivity contribution in [3.8, 4) is 5.75 Å². The van der Waals surface area contributed by atoms with E-state index in [1.807, 2.05) is 18.2 Å². The van der Waals surface area contributed by atoms with Gasteiger partial charge in [0.1, 0.15) is 30.2 Å². The van der Waals surface area contributed by atoms with Crippen molar-refractivity contribution in [3.63, 3.8) is 0 Å². The predicted octanol–water partition coefficient (Wildman–Crippen LogP) is 4.38. The molecule has 4 nitrogen and oxygen atoms in total. The van der Waals surface area contributed by atoms with Crippen LogP contribution in [0.25, 0.3) is 0 Å². The lowest BCUT2D eigenvalue weighted by molar-refractivity contribution is 0.214. The van der Waals surface area contributed by atoms with Crippen LogP contribution >= 0.6 is 11.8 Å². The molecule has 5 heteroatoms. The highest BCUT2D eigenvalue weighted by atomic mass is 32.2. The van der Waals surface area contributed by atoms with Crippen molar-refractivity contribution in [2.45, 2.75) is 20.5 Å². The second-order valence-corrected chi connectivity index (χ2v) is 6.96. The van der Waals surface area contributed by atoms with E-state index >= 15 is 0 Å². The summed E-state index contributed by atoms with van der Waals surface area (Å²) in [4.78, 5) is 9.62. The lowest BCUT2D eigenvalue weighted by atomic mass is 10.0. The van der Waals surface area contributed by atoms with Crippen molar-refractivity contribution in [1.29, 1.82) is 0 Å². The second-order valence-electron chi connectivity index (χ2n) is 5.87. The van der Waals surface area contributed by atoms with E-state index in [1.54, 1.807) is 18.9 Å². The highest BCUT2D eigenvalue weighted by Gasteiger charge is 2.20. The van der Waals surface area contributed by atoms with Crippen LogP contribution in [0.2, 0.25) is 0 Å². The molecule has 0 spiro atoms. The molecule has 0 radical (unpaired) electrons. The van der Waals surface area contributed by atoms with Gasteiger partial charge in [-0.15, -0.1) is 11.8 Å². The van der Waals surface area contributed by atoms with E-state index in [4.69, 9.17) is 9.57 Å². The zero-order valence-electron chi connectivity index (χ0n) is 14.8. The van der Waals surface area contributed by atoms with Crippen molar-refractivity contribution in [2.24, 2.45) is 10.1 Å².